The maximum Gasteiger partial charge on any atom is 0.160 e. The van der Waals surface area contributed by atoms with Crippen molar-refractivity contribution in [1.82, 2.24) is 4.98 Å². The molecule has 0 saturated heterocycles. The fraction of sp³-hybridized carbons (Fsp3) is 0.333. The highest BCUT2D eigenvalue weighted by Crippen LogP contribution is 2.27. The summed E-state index contributed by atoms with van der Waals surface area (Å²) in [6, 6.07) is 7.87. The number of aromatic nitrogens is 1. The Kier molecular flexibility index (Phi) is 3.92. The van der Waals surface area contributed by atoms with Gasteiger partial charge in [-0.15, -0.1) is 11.3 Å². The Hall–Kier alpha value is -1.48. The Morgan fingerprint density at radius 3 is 2.72 bits per heavy atom. The second-order valence-corrected chi connectivity index (χ2v) is 5.51. The van der Waals surface area contributed by atoms with Crippen LogP contribution in [0.2, 0.25) is 0 Å². The van der Waals surface area contributed by atoms with Crippen molar-refractivity contribution in [3.8, 4) is 0 Å². The van der Waals surface area contributed by atoms with Crippen molar-refractivity contribution in [3.63, 3.8) is 0 Å². The van der Waals surface area contributed by atoms with E-state index in [9.17, 15) is 4.79 Å². The highest BCUT2D eigenvalue weighted by molar-refractivity contribution is 7.09. The Morgan fingerprint density at radius 1 is 1.39 bits per heavy atom. The van der Waals surface area contributed by atoms with E-state index >= 15 is 0 Å². The summed E-state index contributed by atoms with van der Waals surface area (Å²) in [6.07, 6.45) is 0.888. The van der Waals surface area contributed by atoms with Crippen LogP contribution in [0, 0.1) is 6.92 Å². The highest BCUT2D eigenvalue weighted by Gasteiger charge is 2.14. The van der Waals surface area contributed by atoms with E-state index in [-0.39, 0.29) is 5.78 Å². The molecule has 0 amide bonds. The van der Waals surface area contributed by atoms with Crippen molar-refractivity contribution in [3.05, 3.63) is 51.5 Å². The fourth-order valence-electron chi connectivity index (χ4n) is 2.25. The summed E-state index contributed by atoms with van der Waals surface area (Å²) in [5, 5.41) is 0. The lowest BCUT2D eigenvalue weighted by molar-refractivity contribution is 0.101. The van der Waals surface area contributed by atoms with Crippen LogP contribution in [0.5, 0.6) is 0 Å². The molecule has 1 unspecified atom stereocenters. The third-order valence-corrected chi connectivity index (χ3v) is 4.32. The van der Waals surface area contributed by atoms with E-state index in [1.807, 2.05) is 36.7 Å². The van der Waals surface area contributed by atoms with Crippen LogP contribution in [0.1, 0.15) is 46.3 Å². The summed E-state index contributed by atoms with van der Waals surface area (Å²) >= 11 is 1.70. The highest BCUT2D eigenvalue weighted by atomic mass is 32.1. The van der Waals surface area contributed by atoms with E-state index in [0.29, 0.717) is 5.92 Å². The van der Waals surface area contributed by atoms with Gasteiger partial charge in [-0.05, 0) is 31.7 Å². The molecule has 0 aliphatic heterocycles. The average Bonchev–Trinajstić information content (AvgIpc) is 2.76. The lowest BCUT2D eigenvalue weighted by Gasteiger charge is -2.12. The molecule has 0 aliphatic carbocycles. The van der Waals surface area contributed by atoms with Gasteiger partial charge in [-0.1, -0.05) is 31.2 Å². The summed E-state index contributed by atoms with van der Waals surface area (Å²) in [7, 11) is 0. The number of Topliss-reactive ketones (excluding diaryl/α,β-unsaturated/α-hetero) is 1. The maximum atomic E-state index is 11.6. The SMILES string of the molecule is CC(=O)c1ccccc1CC(C)c1scnc1C. The average molecular weight is 259 g/mol. The molecular formula is C15H17NOS. The molecule has 0 spiro atoms. The molecule has 1 atom stereocenters. The van der Waals surface area contributed by atoms with Gasteiger partial charge in [0.1, 0.15) is 0 Å². The minimum absolute atomic E-state index is 0.138. The molecule has 0 bridgehead atoms. The zero-order valence-electron chi connectivity index (χ0n) is 10.9. The number of carbonyl (C=O) groups is 1. The van der Waals surface area contributed by atoms with E-state index in [4.69, 9.17) is 0 Å². The second kappa shape index (κ2) is 5.44. The molecule has 2 rings (SSSR count). The number of thiazole rings is 1. The molecule has 1 heterocycles. The lowest BCUT2D eigenvalue weighted by Crippen LogP contribution is -2.04. The van der Waals surface area contributed by atoms with Gasteiger partial charge in [0, 0.05) is 10.4 Å². The molecule has 0 saturated carbocycles. The van der Waals surface area contributed by atoms with Crippen molar-refractivity contribution in [2.24, 2.45) is 0 Å². The summed E-state index contributed by atoms with van der Waals surface area (Å²) in [5.41, 5.74) is 4.96. The molecule has 2 nitrogen and oxygen atoms in total. The van der Waals surface area contributed by atoms with Gasteiger partial charge in [0.2, 0.25) is 0 Å². The van der Waals surface area contributed by atoms with Crippen LogP contribution >= 0.6 is 11.3 Å². The smallest absolute Gasteiger partial charge is 0.160 e. The van der Waals surface area contributed by atoms with Gasteiger partial charge in [0.15, 0.2) is 5.78 Å². The lowest BCUT2D eigenvalue weighted by atomic mass is 9.94. The van der Waals surface area contributed by atoms with Gasteiger partial charge < -0.3 is 0 Å². The Labute approximate surface area is 112 Å². The van der Waals surface area contributed by atoms with E-state index in [0.717, 1.165) is 23.2 Å². The first kappa shape index (κ1) is 13.0. The van der Waals surface area contributed by atoms with E-state index in [1.165, 1.54) is 4.88 Å². The molecule has 94 valence electrons. The molecule has 1 aromatic carbocycles. The monoisotopic (exact) mass is 259 g/mol. The van der Waals surface area contributed by atoms with E-state index in [1.54, 1.807) is 18.3 Å². The normalized spacial score (nSPS) is 12.4. The largest absolute Gasteiger partial charge is 0.295 e. The van der Waals surface area contributed by atoms with Crippen LogP contribution < -0.4 is 0 Å². The number of nitrogens with zero attached hydrogens (tertiary/aromatic N) is 1. The summed E-state index contributed by atoms with van der Waals surface area (Å²) < 4.78 is 0. The molecule has 3 heteroatoms. The minimum Gasteiger partial charge on any atom is -0.295 e. The summed E-state index contributed by atoms with van der Waals surface area (Å²) in [6.45, 7) is 5.86. The Balaban J connectivity index is 2.25. The standard InChI is InChI=1S/C15H17NOS/c1-10(15-11(2)16-9-18-15)8-13-6-4-5-7-14(13)12(3)17/h4-7,9-10H,8H2,1-3H3. The van der Waals surface area contributed by atoms with Crippen molar-refractivity contribution < 1.29 is 4.79 Å². The Bertz CT molecular complexity index is 559. The number of ketones is 1. The number of hydrogen-bond donors (Lipinski definition) is 0. The zero-order valence-corrected chi connectivity index (χ0v) is 11.8. The topological polar surface area (TPSA) is 30.0 Å². The zero-order chi connectivity index (χ0) is 13.1. The molecular weight excluding hydrogens is 242 g/mol. The van der Waals surface area contributed by atoms with E-state index in [2.05, 4.69) is 11.9 Å². The van der Waals surface area contributed by atoms with Crippen LogP contribution in [-0.4, -0.2) is 10.8 Å². The first-order chi connectivity index (χ1) is 8.59. The molecule has 0 aliphatic rings. The number of rotatable bonds is 4. The first-order valence-corrected chi connectivity index (χ1v) is 6.96. The van der Waals surface area contributed by atoms with Gasteiger partial charge in [-0.3, -0.25) is 4.79 Å². The van der Waals surface area contributed by atoms with Gasteiger partial charge >= 0.3 is 0 Å². The van der Waals surface area contributed by atoms with Crippen molar-refractivity contribution in [2.75, 3.05) is 0 Å². The summed E-state index contributed by atoms with van der Waals surface area (Å²) in [5.74, 6) is 0.539. The molecule has 0 radical (unpaired) electrons. The van der Waals surface area contributed by atoms with Crippen LogP contribution in [0.3, 0.4) is 0 Å². The van der Waals surface area contributed by atoms with Crippen LogP contribution in [-0.2, 0) is 6.42 Å². The van der Waals surface area contributed by atoms with Crippen molar-refractivity contribution >= 4 is 17.1 Å². The van der Waals surface area contributed by atoms with Crippen molar-refractivity contribution in [2.45, 2.75) is 33.1 Å². The predicted octanol–water partition coefficient (Wildman–Crippen LogP) is 4.00. The fourth-order valence-corrected chi connectivity index (χ4v) is 3.11. The number of benzene rings is 1. The molecule has 1 aromatic heterocycles. The predicted molar refractivity (Wildman–Crippen MR) is 75.4 cm³/mol. The maximum absolute atomic E-state index is 11.6. The quantitative estimate of drug-likeness (QED) is 0.777. The molecule has 2 aromatic rings. The third kappa shape index (κ3) is 2.67. The molecule has 0 fully saturated rings. The van der Waals surface area contributed by atoms with Crippen LogP contribution in [0.15, 0.2) is 29.8 Å². The minimum atomic E-state index is 0.138. The molecule has 0 N–H and O–H groups in total. The van der Waals surface area contributed by atoms with E-state index < -0.39 is 0 Å². The summed E-state index contributed by atoms with van der Waals surface area (Å²) in [4.78, 5) is 17.2. The van der Waals surface area contributed by atoms with Gasteiger partial charge in [-0.25, -0.2) is 4.98 Å². The van der Waals surface area contributed by atoms with Gasteiger partial charge in [0.05, 0.1) is 11.2 Å². The van der Waals surface area contributed by atoms with Crippen LogP contribution in [0.25, 0.3) is 0 Å². The van der Waals surface area contributed by atoms with Gasteiger partial charge in [0.25, 0.3) is 0 Å². The number of hydrogen-bond acceptors (Lipinski definition) is 3. The van der Waals surface area contributed by atoms with Crippen LogP contribution in [0.4, 0.5) is 0 Å². The number of carbonyl (C=O) groups excluding carboxylic acids is 1. The third-order valence-electron chi connectivity index (χ3n) is 3.15. The Morgan fingerprint density at radius 2 is 2.11 bits per heavy atom. The van der Waals surface area contributed by atoms with Gasteiger partial charge in [-0.2, -0.15) is 0 Å². The van der Waals surface area contributed by atoms with Crippen molar-refractivity contribution in [1.29, 1.82) is 0 Å². The number of aryl methyl sites for hydroxylation is 1. The first-order valence-electron chi connectivity index (χ1n) is 6.08. The molecule has 18 heavy (non-hydrogen) atoms. The second-order valence-electron chi connectivity index (χ2n) is 4.62.